The number of hydrogen-bond acceptors (Lipinski definition) is 1. The summed E-state index contributed by atoms with van der Waals surface area (Å²) in [6.07, 6.45) is 2.14. The normalized spacial score (nSPS) is 13.9. The molecule has 0 N–H and O–H groups in total. The van der Waals surface area contributed by atoms with Gasteiger partial charge in [0.1, 0.15) is 0 Å². The van der Waals surface area contributed by atoms with Crippen LogP contribution in [0.3, 0.4) is 0 Å². The van der Waals surface area contributed by atoms with Crippen LogP contribution >= 0.6 is 0 Å². The Labute approximate surface area is 135 Å². The predicted octanol–water partition coefficient (Wildman–Crippen LogP) is 5.63. The maximum Gasteiger partial charge on any atom is 0.196 e. The zero-order valence-electron chi connectivity index (χ0n) is 15.1. The maximum atomic E-state index is 5.17. The summed E-state index contributed by atoms with van der Waals surface area (Å²) in [6.45, 7) is 20.0. The van der Waals surface area contributed by atoms with E-state index in [9.17, 15) is 0 Å². The molecule has 0 aliphatic rings. The summed E-state index contributed by atoms with van der Waals surface area (Å²) in [7, 11) is -3.11. The van der Waals surface area contributed by atoms with Crippen LogP contribution in [0, 0.1) is 0 Å². The van der Waals surface area contributed by atoms with E-state index in [1.165, 1.54) is 5.56 Å². The van der Waals surface area contributed by atoms with Crippen molar-refractivity contribution in [2.75, 3.05) is 0 Å². The minimum absolute atomic E-state index is 0.707. The van der Waals surface area contributed by atoms with Crippen LogP contribution in [0.2, 0.25) is 49.6 Å². The zero-order valence-corrected chi connectivity index (χ0v) is 18.1. The third-order valence-corrected chi connectivity index (χ3v) is 21.6. The molecular formula is C17H32NSi3. The van der Waals surface area contributed by atoms with E-state index in [1.54, 1.807) is 0 Å². The number of hydrogen-bond donors (Lipinski definition) is 0. The molecular weight excluding hydrogens is 302 g/mol. The van der Waals surface area contributed by atoms with Crippen LogP contribution in [-0.4, -0.2) is 31.3 Å². The lowest BCUT2D eigenvalue weighted by molar-refractivity contribution is 1.01. The average molecular weight is 335 g/mol. The van der Waals surface area contributed by atoms with E-state index in [4.69, 9.17) is 4.66 Å². The van der Waals surface area contributed by atoms with Gasteiger partial charge < -0.3 is 4.66 Å². The molecule has 0 aliphatic heterocycles. The van der Waals surface area contributed by atoms with Crippen molar-refractivity contribution in [2.24, 2.45) is 4.66 Å². The first kappa shape index (κ1) is 18.6. The first-order chi connectivity index (χ1) is 9.53. The highest BCUT2D eigenvalue weighted by Crippen LogP contribution is 2.38. The fourth-order valence-electron chi connectivity index (χ4n) is 3.43. The van der Waals surface area contributed by atoms with Gasteiger partial charge in [-0.3, -0.25) is 0 Å². The molecule has 0 aliphatic carbocycles. The fourth-order valence-corrected chi connectivity index (χ4v) is 24.8. The van der Waals surface area contributed by atoms with Gasteiger partial charge in [0.25, 0.3) is 0 Å². The topological polar surface area (TPSA) is 12.4 Å². The summed E-state index contributed by atoms with van der Waals surface area (Å²) in [6, 6.07) is 10.6. The van der Waals surface area contributed by atoms with Crippen molar-refractivity contribution < 1.29 is 0 Å². The molecule has 0 unspecified atom stereocenters. The van der Waals surface area contributed by atoms with E-state index < -0.39 is 25.1 Å². The molecule has 0 saturated carbocycles. The Kier molecular flexibility index (Phi) is 6.37. The average Bonchev–Trinajstić information content (AvgIpc) is 2.32. The second-order valence-electron chi connectivity index (χ2n) is 8.41. The standard InChI is InChI=1S/C17H32NSi3/c1-15(2)19(17(20(3,4)5)21(6,7)8)18-14-16-12-10-9-11-13-16/h9-15,17H,1-8H3/b18-14+. The van der Waals surface area contributed by atoms with E-state index in [-0.39, 0.29) is 0 Å². The lowest BCUT2D eigenvalue weighted by atomic mass is 10.2. The van der Waals surface area contributed by atoms with E-state index in [0.29, 0.717) is 5.54 Å². The summed E-state index contributed by atoms with van der Waals surface area (Å²) >= 11 is 0. The van der Waals surface area contributed by atoms with Crippen molar-refractivity contribution in [2.45, 2.75) is 63.5 Å². The van der Waals surface area contributed by atoms with Crippen LogP contribution in [0.5, 0.6) is 0 Å². The predicted molar refractivity (Wildman–Crippen MR) is 105 cm³/mol. The Balaban J connectivity index is 3.12. The number of benzene rings is 1. The lowest BCUT2D eigenvalue weighted by Gasteiger charge is -2.42. The molecule has 117 valence electrons. The lowest BCUT2D eigenvalue weighted by Crippen LogP contribution is -2.52. The Bertz CT molecular complexity index is 441. The molecule has 1 aromatic carbocycles. The first-order valence-electron chi connectivity index (χ1n) is 7.99. The van der Waals surface area contributed by atoms with Crippen molar-refractivity contribution in [1.29, 1.82) is 0 Å². The van der Waals surface area contributed by atoms with Gasteiger partial charge in [-0.15, -0.1) is 0 Å². The molecule has 1 nitrogen and oxygen atoms in total. The highest BCUT2D eigenvalue weighted by atomic mass is 28.4. The van der Waals surface area contributed by atoms with Crippen molar-refractivity contribution in [3.63, 3.8) is 0 Å². The van der Waals surface area contributed by atoms with Crippen LogP contribution in [0.4, 0.5) is 0 Å². The Morgan fingerprint density at radius 1 is 0.905 bits per heavy atom. The van der Waals surface area contributed by atoms with E-state index in [1.807, 2.05) is 0 Å². The van der Waals surface area contributed by atoms with E-state index in [2.05, 4.69) is 89.7 Å². The van der Waals surface area contributed by atoms with Gasteiger partial charge in [0, 0.05) is 22.4 Å². The summed E-state index contributed by atoms with van der Waals surface area (Å²) in [5.74, 6) is 0. The van der Waals surface area contributed by atoms with Gasteiger partial charge in [-0.2, -0.15) is 0 Å². The second-order valence-corrected chi connectivity index (χ2v) is 23.6. The van der Waals surface area contributed by atoms with E-state index >= 15 is 0 Å². The van der Waals surface area contributed by atoms with Crippen LogP contribution in [-0.2, 0) is 0 Å². The Morgan fingerprint density at radius 2 is 1.38 bits per heavy atom. The SMILES string of the molecule is CC(C)[Si](/N=C/c1ccccc1)C([Si](C)(C)C)[Si](C)(C)C. The minimum atomic E-state index is -1.19. The van der Waals surface area contributed by atoms with Crippen molar-refractivity contribution in [3.8, 4) is 0 Å². The zero-order chi connectivity index (χ0) is 16.3. The monoisotopic (exact) mass is 334 g/mol. The molecule has 0 atom stereocenters. The third-order valence-electron chi connectivity index (χ3n) is 3.78. The third kappa shape index (κ3) is 5.68. The molecule has 21 heavy (non-hydrogen) atoms. The molecule has 1 rings (SSSR count). The van der Waals surface area contributed by atoms with Crippen molar-refractivity contribution >= 4 is 31.3 Å². The second kappa shape index (κ2) is 7.20. The largest absolute Gasteiger partial charge is 0.329 e. The van der Waals surface area contributed by atoms with Gasteiger partial charge in [-0.05, 0) is 15.9 Å². The highest BCUT2D eigenvalue weighted by molar-refractivity contribution is 7.07. The maximum absolute atomic E-state index is 5.17. The minimum Gasteiger partial charge on any atom is -0.329 e. The summed E-state index contributed by atoms with van der Waals surface area (Å²) in [5.41, 5.74) is 1.95. The van der Waals surface area contributed by atoms with Gasteiger partial charge in [0.15, 0.2) is 8.96 Å². The van der Waals surface area contributed by atoms with Gasteiger partial charge in [0.2, 0.25) is 0 Å². The molecule has 0 fully saturated rings. The molecule has 1 radical (unpaired) electrons. The van der Waals surface area contributed by atoms with Gasteiger partial charge in [-0.1, -0.05) is 83.5 Å². The molecule has 0 bridgehead atoms. The van der Waals surface area contributed by atoms with Crippen molar-refractivity contribution in [3.05, 3.63) is 35.9 Å². The molecule has 4 heteroatoms. The Morgan fingerprint density at radius 3 is 1.76 bits per heavy atom. The molecule has 0 amide bonds. The first-order valence-corrected chi connectivity index (χ1v) is 16.7. The summed E-state index contributed by atoms with van der Waals surface area (Å²) in [5, 5.41) is 0. The molecule has 1 aromatic rings. The molecule has 0 saturated heterocycles. The number of rotatable bonds is 6. The molecule has 0 heterocycles. The smallest absolute Gasteiger partial charge is 0.196 e. The molecule has 0 spiro atoms. The highest BCUT2D eigenvalue weighted by Gasteiger charge is 2.45. The van der Waals surface area contributed by atoms with Gasteiger partial charge >= 0.3 is 0 Å². The summed E-state index contributed by atoms with van der Waals surface area (Å²) < 4.78 is 5.17. The van der Waals surface area contributed by atoms with Crippen LogP contribution in [0.25, 0.3) is 0 Å². The van der Waals surface area contributed by atoms with Crippen LogP contribution in [0.15, 0.2) is 35.0 Å². The quantitative estimate of drug-likeness (QED) is 0.472. The molecule has 0 aromatic heterocycles. The summed E-state index contributed by atoms with van der Waals surface area (Å²) in [4.78, 5) is 0.912. The van der Waals surface area contributed by atoms with Crippen LogP contribution < -0.4 is 0 Å². The number of nitrogens with zero attached hydrogens (tertiary/aromatic N) is 1. The van der Waals surface area contributed by atoms with Crippen LogP contribution in [0.1, 0.15) is 19.4 Å². The Hall–Kier alpha value is -0.459. The van der Waals surface area contributed by atoms with Crippen molar-refractivity contribution in [1.82, 2.24) is 0 Å². The fraction of sp³-hybridized carbons (Fsp3) is 0.588. The van der Waals surface area contributed by atoms with Gasteiger partial charge in [0.05, 0.1) is 0 Å². The van der Waals surface area contributed by atoms with E-state index in [0.717, 1.165) is 4.79 Å². The van der Waals surface area contributed by atoms with Gasteiger partial charge in [-0.25, -0.2) is 0 Å².